The van der Waals surface area contributed by atoms with Gasteiger partial charge in [0.15, 0.2) is 0 Å². The van der Waals surface area contributed by atoms with Crippen molar-refractivity contribution in [2.45, 2.75) is 44.8 Å². The van der Waals surface area contributed by atoms with E-state index in [2.05, 4.69) is 6.92 Å². The Labute approximate surface area is 63.6 Å². The monoisotopic (exact) mass is 145 g/mol. The fraction of sp³-hybridized carbons (Fsp3) is 1.00. The Bertz CT molecular complexity index is 119. The highest BCUT2D eigenvalue weighted by Gasteiger charge is 2.30. The Hall–Kier alpha value is -0.0800. The van der Waals surface area contributed by atoms with Gasteiger partial charge in [-0.25, -0.2) is 0 Å². The van der Waals surface area contributed by atoms with Crippen molar-refractivity contribution in [2.75, 3.05) is 6.58 Å². The van der Waals surface area contributed by atoms with Crippen molar-refractivity contribution < 1.29 is 11.2 Å². The van der Waals surface area contributed by atoms with Crippen molar-refractivity contribution in [1.29, 1.82) is 0 Å². The number of rotatable bonds is 5. The van der Waals surface area contributed by atoms with E-state index in [1.807, 2.05) is 0 Å². The molecule has 0 aromatic rings. The molecule has 0 aromatic heterocycles. The number of hydrogen-bond donors (Lipinski definition) is 1. The predicted octanol–water partition coefficient (Wildman–Crippen LogP) is 1.33. The van der Waals surface area contributed by atoms with Gasteiger partial charge in [0.25, 0.3) is 0 Å². The lowest BCUT2D eigenvalue weighted by molar-refractivity contribution is 0.123. The molecule has 1 heterocycles. The maximum Gasteiger partial charge on any atom is 0.107 e. The lowest BCUT2D eigenvalue weighted by atomic mass is 10.1. The van der Waals surface area contributed by atoms with Gasteiger partial charge in [0.05, 0.1) is 14.1 Å². The van der Waals surface area contributed by atoms with Crippen LogP contribution in [0, 0.1) is 0 Å². The van der Waals surface area contributed by atoms with E-state index in [1.165, 1.54) is 6.42 Å². The molecule has 1 fully saturated rings. The largest absolute Gasteiger partial charge is 0.390 e. The summed E-state index contributed by atoms with van der Waals surface area (Å²) in [5.74, 6) is 0. The zero-order chi connectivity index (χ0) is 8.27. The lowest BCUT2D eigenvalue weighted by Gasteiger charge is -2.04. The highest BCUT2D eigenvalue weighted by Crippen LogP contribution is 2.18. The third-order valence-electron chi connectivity index (χ3n) is 1.78. The van der Waals surface area contributed by atoms with E-state index >= 15 is 0 Å². The van der Waals surface area contributed by atoms with Crippen molar-refractivity contribution in [2.24, 2.45) is 0 Å². The third kappa shape index (κ3) is 2.67. The average Bonchev–Trinajstić information content (AvgIpc) is 2.67. The van der Waals surface area contributed by atoms with Gasteiger partial charge < -0.3 is 9.84 Å². The second kappa shape index (κ2) is 3.94. The van der Waals surface area contributed by atoms with Crippen LogP contribution in [-0.2, 0) is 4.74 Å². The van der Waals surface area contributed by atoms with E-state index in [0.29, 0.717) is 0 Å². The van der Waals surface area contributed by atoms with Crippen LogP contribution >= 0.6 is 0 Å². The Kier molecular flexibility index (Phi) is 2.61. The summed E-state index contributed by atoms with van der Waals surface area (Å²) < 4.78 is 11.9. The molecule has 2 nitrogen and oxygen atoms in total. The summed E-state index contributed by atoms with van der Waals surface area (Å²) in [6.07, 6.45) is 3.57. The maximum absolute atomic E-state index is 9.34. The van der Waals surface area contributed by atoms with Crippen LogP contribution in [0.25, 0.3) is 0 Å². The standard InChI is InChI=1S/C8H16O2/c1-2-3-4-5-7(9)8-6-10-8/h7-9H,2-6H2,1H3/t7-,8+/m1/s1/i6D/t6-,7+,8-/m0. The molecule has 0 radical (unpaired) electrons. The molecular weight excluding hydrogens is 128 g/mol. The summed E-state index contributed by atoms with van der Waals surface area (Å²) in [7, 11) is 0. The number of aliphatic hydroxyl groups is 1. The van der Waals surface area contributed by atoms with Crippen LogP contribution in [0.4, 0.5) is 0 Å². The van der Waals surface area contributed by atoms with Gasteiger partial charge in [-0.2, -0.15) is 0 Å². The first kappa shape index (κ1) is 6.62. The summed E-state index contributed by atoms with van der Waals surface area (Å²) in [6.45, 7) is 1.68. The summed E-state index contributed by atoms with van der Waals surface area (Å²) in [5.41, 5.74) is 0. The molecular formula is C8H16O2. The van der Waals surface area contributed by atoms with Crippen LogP contribution in [0.5, 0.6) is 0 Å². The molecule has 0 spiro atoms. The molecule has 0 aliphatic carbocycles. The van der Waals surface area contributed by atoms with Crippen LogP contribution < -0.4 is 0 Å². The highest BCUT2D eigenvalue weighted by atomic mass is 16.6. The Balaban J connectivity index is 1.98. The Morgan fingerprint density at radius 2 is 2.50 bits per heavy atom. The normalized spacial score (nSPS) is 35.2. The molecule has 1 saturated heterocycles. The van der Waals surface area contributed by atoms with Crippen LogP contribution in [0.3, 0.4) is 0 Å². The SMILES string of the molecule is [2H][C@@H]1O[C@@H]1[C@H](O)CCCCC. The fourth-order valence-electron chi connectivity index (χ4n) is 0.994. The van der Waals surface area contributed by atoms with E-state index in [9.17, 15) is 5.11 Å². The second-order valence-electron chi connectivity index (χ2n) is 2.80. The average molecular weight is 145 g/mol. The van der Waals surface area contributed by atoms with Crippen molar-refractivity contribution in [1.82, 2.24) is 0 Å². The van der Waals surface area contributed by atoms with Crippen molar-refractivity contribution in [3.8, 4) is 0 Å². The maximum atomic E-state index is 9.34. The number of hydrogen-bond acceptors (Lipinski definition) is 2. The van der Waals surface area contributed by atoms with Crippen molar-refractivity contribution in [3.05, 3.63) is 0 Å². The molecule has 2 heteroatoms. The van der Waals surface area contributed by atoms with Crippen LogP contribution in [0.2, 0.25) is 0 Å². The molecule has 1 N–H and O–H groups in total. The smallest absolute Gasteiger partial charge is 0.107 e. The van der Waals surface area contributed by atoms with E-state index in [-0.39, 0.29) is 6.10 Å². The minimum Gasteiger partial charge on any atom is -0.390 e. The van der Waals surface area contributed by atoms with Crippen LogP contribution in [0.1, 0.15) is 34.0 Å². The molecule has 0 amide bonds. The first-order valence-electron chi connectivity index (χ1n) is 4.59. The minimum atomic E-state index is -0.452. The van der Waals surface area contributed by atoms with Gasteiger partial charge in [-0.1, -0.05) is 26.2 Å². The zero-order valence-electron chi connectivity index (χ0n) is 7.42. The van der Waals surface area contributed by atoms with Gasteiger partial charge in [0.2, 0.25) is 0 Å². The fourth-order valence-corrected chi connectivity index (χ4v) is 0.994. The van der Waals surface area contributed by atoms with Gasteiger partial charge >= 0.3 is 0 Å². The zero-order valence-corrected chi connectivity index (χ0v) is 6.42. The first-order valence-corrected chi connectivity index (χ1v) is 4.01. The lowest BCUT2D eigenvalue weighted by Crippen LogP contribution is -2.13. The number of aliphatic hydroxyl groups excluding tert-OH is 1. The topological polar surface area (TPSA) is 32.8 Å². The van der Waals surface area contributed by atoms with E-state index in [4.69, 9.17) is 6.11 Å². The summed E-state index contributed by atoms with van der Waals surface area (Å²) in [4.78, 5) is 0. The molecule has 1 aliphatic rings. The van der Waals surface area contributed by atoms with Gasteiger partial charge in [-0.05, 0) is 6.42 Å². The molecule has 0 bridgehead atoms. The quantitative estimate of drug-likeness (QED) is 0.467. The van der Waals surface area contributed by atoms with Crippen LogP contribution in [-0.4, -0.2) is 23.9 Å². The molecule has 1 aliphatic heterocycles. The first-order chi connectivity index (χ1) is 5.25. The molecule has 3 atom stereocenters. The Morgan fingerprint density at radius 3 is 3.00 bits per heavy atom. The van der Waals surface area contributed by atoms with Crippen molar-refractivity contribution >= 4 is 0 Å². The van der Waals surface area contributed by atoms with Crippen LogP contribution in [0.15, 0.2) is 0 Å². The third-order valence-corrected chi connectivity index (χ3v) is 1.78. The van der Waals surface area contributed by atoms with Gasteiger partial charge in [-0.3, -0.25) is 0 Å². The van der Waals surface area contributed by atoms with E-state index in [1.54, 1.807) is 0 Å². The number of epoxide rings is 1. The number of ether oxygens (including phenoxy) is 1. The highest BCUT2D eigenvalue weighted by molar-refractivity contribution is 4.77. The molecule has 1 rings (SSSR count). The molecule has 0 saturated carbocycles. The van der Waals surface area contributed by atoms with Gasteiger partial charge in [-0.15, -0.1) is 0 Å². The predicted molar refractivity (Wildman–Crippen MR) is 39.9 cm³/mol. The Morgan fingerprint density at radius 1 is 1.80 bits per heavy atom. The molecule has 0 aromatic carbocycles. The molecule has 10 heavy (non-hydrogen) atoms. The van der Waals surface area contributed by atoms with E-state index in [0.717, 1.165) is 19.3 Å². The van der Waals surface area contributed by atoms with Crippen molar-refractivity contribution in [3.63, 3.8) is 0 Å². The minimum absolute atomic E-state index is 0.188. The summed E-state index contributed by atoms with van der Waals surface area (Å²) in [5, 5.41) is 9.34. The molecule has 0 unspecified atom stereocenters. The summed E-state index contributed by atoms with van der Waals surface area (Å²) in [6, 6.07) is 0. The second-order valence-corrected chi connectivity index (χ2v) is 2.80. The molecule has 60 valence electrons. The summed E-state index contributed by atoms with van der Waals surface area (Å²) >= 11 is 0. The van der Waals surface area contributed by atoms with Gasteiger partial charge in [0.1, 0.15) is 6.10 Å². The van der Waals surface area contributed by atoms with E-state index < -0.39 is 12.7 Å². The number of unbranched alkanes of at least 4 members (excludes halogenated alkanes) is 2. The van der Waals surface area contributed by atoms with Gasteiger partial charge in [0, 0.05) is 0 Å².